The predicted octanol–water partition coefficient (Wildman–Crippen LogP) is 1.71. The summed E-state index contributed by atoms with van der Waals surface area (Å²) in [6.07, 6.45) is 8.32. The number of ether oxygens (including phenoxy) is 1. The minimum atomic E-state index is -0.0929. The average Bonchev–Trinajstić information content (AvgIpc) is 2.53. The van der Waals surface area contributed by atoms with Gasteiger partial charge in [0.1, 0.15) is 0 Å². The Balaban J connectivity index is 1.60. The number of methoxy groups -OCH3 is 1. The summed E-state index contributed by atoms with van der Waals surface area (Å²) < 4.78 is 4.79. The van der Waals surface area contributed by atoms with E-state index >= 15 is 0 Å². The number of likely N-dealkylation sites (tertiary alicyclic amines) is 1. The second-order valence-corrected chi connectivity index (χ2v) is 6.29. The molecule has 0 aromatic rings. The Kier molecular flexibility index (Phi) is 6.49. The molecule has 0 atom stereocenters. The maximum Gasteiger partial charge on any atom is 0.308 e. The smallest absolute Gasteiger partial charge is 0.308 e. The van der Waals surface area contributed by atoms with Crippen molar-refractivity contribution in [3.8, 4) is 0 Å². The highest BCUT2D eigenvalue weighted by atomic mass is 16.5. The number of hydrogen-bond acceptors (Lipinski definition) is 4. The number of esters is 1. The third kappa shape index (κ3) is 5.30. The van der Waals surface area contributed by atoms with Crippen LogP contribution >= 0.6 is 0 Å². The van der Waals surface area contributed by atoms with E-state index < -0.39 is 0 Å². The summed E-state index contributed by atoms with van der Waals surface area (Å²) in [5.41, 5.74) is 0. The number of hydrogen-bond donors (Lipinski definition) is 1. The minimum absolute atomic E-state index is 0.0438. The van der Waals surface area contributed by atoms with E-state index in [0.29, 0.717) is 12.5 Å². The fraction of sp³-hybridized carbons (Fsp3) is 0.875. The average molecular weight is 296 g/mol. The van der Waals surface area contributed by atoms with Gasteiger partial charge in [-0.1, -0.05) is 19.3 Å². The molecule has 120 valence electrons. The van der Waals surface area contributed by atoms with E-state index in [2.05, 4.69) is 10.2 Å². The number of nitrogens with zero attached hydrogens (tertiary/aromatic N) is 1. The quantitative estimate of drug-likeness (QED) is 0.785. The topological polar surface area (TPSA) is 58.6 Å². The van der Waals surface area contributed by atoms with Gasteiger partial charge in [-0.05, 0) is 38.8 Å². The van der Waals surface area contributed by atoms with E-state index in [4.69, 9.17) is 4.74 Å². The van der Waals surface area contributed by atoms with Gasteiger partial charge in [0.25, 0.3) is 0 Å². The summed E-state index contributed by atoms with van der Waals surface area (Å²) in [6.45, 7) is 2.57. The molecule has 1 N–H and O–H groups in total. The summed E-state index contributed by atoms with van der Waals surface area (Å²) in [5.74, 6) is 0.129. The van der Waals surface area contributed by atoms with E-state index in [9.17, 15) is 9.59 Å². The standard InChI is InChI=1S/C16H28N2O3/c1-21-16(20)13-7-10-18(11-8-13)12-9-15(19)17-14-5-3-2-4-6-14/h13-14H,2-12H2,1H3,(H,17,19). The van der Waals surface area contributed by atoms with Crippen molar-refractivity contribution < 1.29 is 14.3 Å². The highest BCUT2D eigenvalue weighted by Crippen LogP contribution is 2.19. The number of amides is 1. The second kappa shape index (κ2) is 8.37. The van der Waals surface area contributed by atoms with E-state index in [-0.39, 0.29) is 17.8 Å². The Morgan fingerprint density at radius 1 is 1.10 bits per heavy atom. The van der Waals surface area contributed by atoms with Gasteiger partial charge in [0.05, 0.1) is 13.0 Å². The van der Waals surface area contributed by atoms with Crippen LogP contribution in [0.5, 0.6) is 0 Å². The second-order valence-electron chi connectivity index (χ2n) is 6.29. The lowest BCUT2D eigenvalue weighted by atomic mass is 9.95. The normalized spacial score (nSPS) is 22.0. The Morgan fingerprint density at radius 3 is 2.38 bits per heavy atom. The van der Waals surface area contributed by atoms with Gasteiger partial charge in [-0.3, -0.25) is 9.59 Å². The molecule has 2 aliphatic rings. The lowest BCUT2D eigenvalue weighted by molar-refractivity contribution is -0.147. The Morgan fingerprint density at radius 2 is 1.76 bits per heavy atom. The van der Waals surface area contributed by atoms with E-state index in [1.807, 2.05) is 0 Å². The maximum atomic E-state index is 12.0. The minimum Gasteiger partial charge on any atom is -0.469 e. The number of rotatable bonds is 5. The van der Waals surface area contributed by atoms with E-state index in [0.717, 1.165) is 45.3 Å². The van der Waals surface area contributed by atoms with Crippen LogP contribution in [0.4, 0.5) is 0 Å². The molecule has 1 aliphatic carbocycles. The van der Waals surface area contributed by atoms with Crippen LogP contribution in [0.1, 0.15) is 51.4 Å². The Hall–Kier alpha value is -1.10. The maximum absolute atomic E-state index is 12.0. The summed E-state index contributed by atoms with van der Waals surface area (Å²) >= 11 is 0. The molecule has 21 heavy (non-hydrogen) atoms. The molecule has 2 rings (SSSR count). The van der Waals surface area contributed by atoms with Crippen molar-refractivity contribution in [1.82, 2.24) is 10.2 Å². The van der Waals surface area contributed by atoms with Gasteiger partial charge in [0.2, 0.25) is 5.91 Å². The first kappa shape index (κ1) is 16.3. The van der Waals surface area contributed by atoms with Crippen molar-refractivity contribution in [3.63, 3.8) is 0 Å². The van der Waals surface area contributed by atoms with Gasteiger partial charge in [-0.15, -0.1) is 0 Å². The van der Waals surface area contributed by atoms with Gasteiger partial charge in [0, 0.05) is 19.0 Å². The van der Waals surface area contributed by atoms with Gasteiger partial charge in [0.15, 0.2) is 0 Å². The van der Waals surface area contributed by atoms with Crippen LogP contribution in [0.3, 0.4) is 0 Å². The molecule has 1 saturated heterocycles. The molecule has 0 spiro atoms. The highest BCUT2D eigenvalue weighted by Gasteiger charge is 2.25. The lowest BCUT2D eigenvalue weighted by Crippen LogP contribution is -2.41. The first-order valence-electron chi connectivity index (χ1n) is 8.28. The van der Waals surface area contributed by atoms with E-state index in [1.165, 1.54) is 26.4 Å². The molecule has 0 bridgehead atoms. The highest BCUT2D eigenvalue weighted by molar-refractivity contribution is 5.76. The van der Waals surface area contributed by atoms with Crippen LogP contribution in [0.2, 0.25) is 0 Å². The third-order valence-corrected chi connectivity index (χ3v) is 4.75. The molecule has 0 aromatic heterocycles. The zero-order valence-electron chi connectivity index (χ0n) is 13.1. The fourth-order valence-corrected chi connectivity index (χ4v) is 3.37. The fourth-order valence-electron chi connectivity index (χ4n) is 3.37. The van der Waals surface area contributed by atoms with Crippen molar-refractivity contribution >= 4 is 11.9 Å². The monoisotopic (exact) mass is 296 g/mol. The zero-order chi connectivity index (χ0) is 15.1. The summed E-state index contributed by atoms with van der Waals surface area (Å²) in [7, 11) is 1.45. The molecule has 1 saturated carbocycles. The summed E-state index contributed by atoms with van der Waals surface area (Å²) in [6, 6.07) is 0.399. The molecule has 2 fully saturated rings. The molecule has 0 unspecified atom stereocenters. The van der Waals surface area contributed by atoms with E-state index in [1.54, 1.807) is 0 Å². The molecule has 1 amide bonds. The van der Waals surface area contributed by atoms with Crippen LogP contribution < -0.4 is 5.32 Å². The molecule has 5 heteroatoms. The molecule has 0 radical (unpaired) electrons. The van der Waals surface area contributed by atoms with Crippen molar-refractivity contribution in [2.24, 2.45) is 5.92 Å². The molecule has 1 aliphatic heterocycles. The van der Waals surface area contributed by atoms with Crippen LogP contribution in [0, 0.1) is 5.92 Å². The number of carbonyl (C=O) groups is 2. The van der Waals surface area contributed by atoms with Crippen molar-refractivity contribution in [3.05, 3.63) is 0 Å². The van der Waals surface area contributed by atoms with Crippen molar-refractivity contribution in [1.29, 1.82) is 0 Å². The lowest BCUT2D eigenvalue weighted by Gasteiger charge is -2.30. The zero-order valence-corrected chi connectivity index (χ0v) is 13.1. The largest absolute Gasteiger partial charge is 0.469 e. The first-order chi connectivity index (χ1) is 10.2. The summed E-state index contributed by atoms with van der Waals surface area (Å²) in [5, 5.41) is 3.15. The van der Waals surface area contributed by atoms with Crippen molar-refractivity contribution in [2.75, 3.05) is 26.7 Å². The van der Waals surface area contributed by atoms with Gasteiger partial charge in [-0.2, -0.15) is 0 Å². The molecular weight excluding hydrogens is 268 g/mol. The van der Waals surface area contributed by atoms with Gasteiger partial charge < -0.3 is 15.0 Å². The van der Waals surface area contributed by atoms with Gasteiger partial charge in [-0.25, -0.2) is 0 Å². The molecular formula is C16H28N2O3. The number of carbonyl (C=O) groups excluding carboxylic acids is 2. The molecule has 5 nitrogen and oxygen atoms in total. The summed E-state index contributed by atoms with van der Waals surface area (Å²) in [4.78, 5) is 25.7. The number of nitrogens with one attached hydrogen (secondary N) is 1. The number of piperidine rings is 1. The Labute approximate surface area is 127 Å². The SMILES string of the molecule is COC(=O)C1CCN(CCC(=O)NC2CCCCC2)CC1. The molecule has 1 heterocycles. The van der Waals surface area contributed by atoms with Crippen LogP contribution in [-0.2, 0) is 14.3 Å². The third-order valence-electron chi connectivity index (χ3n) is 4.75. The first-order valence-corrected chi connectivity index (χ1v) is 8.28. The Bertz CT molecular complexity index is 345. The van der Waals surface area contributed by atoms with Crippen LogP contribution in [0.25, 0.3) is 0 Å². The van der Waals surface area contributed by atoms with Gasteiger partial charge >= 0.3 is 5.97 Å². The van der Waals surface area contributed by atoms with Crippen molar-refractivity contribution in [2.45, 2.75) is 57.4 Å². The molecule has 0 aromatic carbocycles. The predicted molar refractivity (Wildman–Crippen MR) is 80.8 cm³/mol. The van der Waals surface area contributed by atoms with Crippen LogP contribution in [-0.4, -0.2) is 49.6 Å². The van der Waals surface area contributed by atoms with Crippen LogP contribution in [0.15, 0.2) is 0 Å².